The number of amides is 1. The van der Waals surface area contributed by atoms with Crippen molar-refractivity contribution in [3.63, 3.8) is 0 Å². The number of fused-ring (bicyclic) bond motifs is 4. The minimum Gasteiger partial charge on any atom is -0.465 e. The van der Waals surface area contributed by atoms with Gasteiger partial charge in [-0.05, 0) is 13.0 Å². The number of carbonyl (C=O) groups excluding carboxylic acids is 2. The number of aliphatic hydroxyl groups excluding tert-OH is 1. The zero-order chi connectivity index (χ0) is 27.1. The predicted molar refractivity (Wildman–Crippen MR) is 127 cm³/mol. The van der Waals surface area contributed by atoms with Gasteiger partial charge in [0.25, 0.3) is 5.69 Å². The second kappa shape index (κ2) is 9.76. The first-order valence-corrected chi connectivity index (χ1v) is 11.4. The largest absolute Gasteiger partial charge is 0.465 e. The van der Waals surface area contributed by atoms with Gasteiger partial charge in [0.2, 0.25) is 11.6 Å². The molecule has 3 aliphatic heterocycles. The summed E-state index contributed by atoms with van der Waals surface area (Å²) in [6, 6.07) is 2.98. The number of hydrogen-bond acceptors (Lipinski definition) is 12. The van der Waals surface area contributed by atoms with E-state index in [9.17, 15) is 24.8 Å². The number of ether oxygens (including phenoxy) is 1. The molecular weight excluding hydrogens is 490 g/mol. The Kier molecular flexibility index (Phi) is 6.86. The Morgan fingerprint density at radius 2 is 2.03 bits per heavy atom. The van der Waals surface area contributed by atoms with E-state index in [1.165, 1.54) is 12.1 Å². The van der Waals surface area contributed by atoms with Crippen LogP contribution < -0.4 is 21.7 Å². The van der Waals surface area contributed by atoms with Crippen molar-refractivity contribution in [1.82, 2.24) is 20.5 Å². The van der Waals surface area contributed by atoms with Gasteiger partial charge in [-0.3, -0.25) is 19.7 Å². The highest BCUT2D eigenvalue weighted by Crippen LogP contribution is 2.55. The number of rotatable bonds is 8. The highest BCUT2D eigenvalue weighted by Gasteiger charge is 2.72. The maximum atomic E-state index is 13.5. The molecule has 1 aromatic rings. The molecular formula is C22H27N7O8. The molecule has 4 heterocycles. The number of carboxylic acid groups (broad SMARTS) is 1. The summed E-state index contributed by atoms with van der Waals surface area (Å²) in [6.45, 7) is 2.53. The van der Waals surface area contributed by atoms with Crippen molar-refractivity contribution in [2.24, 2.45) is 11.7 Å². The van der Waals surface area contributed by atoms with Crippen LogP contribution in [-0.4, -0.2) is 93.8 Å². The number of piperazine rings is 1. The van der Waals surface area contributed by atoms with E-state index in [1.807, 2.05) is 4.90 Å². The number of methoxy groups -OCH3 is 1. The number of hydrogen-bond donors (Lipinski definition) is 6. The molecule has 0 spiro atoms. The Labute approximate surface area is 210 Å². The predicted octanol–water partition coefficient (Wildman–Crippen LogP) is -1.08. The van der Waals surface area contributed by atoms with Crippen molar-refractivity contribution in [3.05, 3.63) is 51.0 Å². The lowest BCUT2D eigenvalue weighted by Gasteiger charge is -2.39. The summed E-state index contributed by atoms with van der Waals surface area (Å²) < 4.78 is 5.87. The average molecular weight is 517 g/mol. The number of pyridine rings is 1. The minimum atomic E-state index is -1.33. The van der Waals surface area contributed by atoms with Crippen LogP contribution in [0, 0.1) is 16.0 Å². The zero-order valence-electron chi connectivity index (χ0n) is 20.1. The van der Waals surface area contributed by atoms with E-state index in [4.69, 9.17) is 14.6 Å². The molecule has 0 radical (unpaired) electrons. The van der Waals surface area contributed by atoms with Gasteiger partial charge in [0.05, 0.1) is 34.9 Å². The molecule has 0 saturated carbocycles. The van der Waals surface area contributed by atoms with Crippen LogP contribution in [0.25, 0.3) is 0 Å². The maximum absolute atomic E-state index is 13.5. The molecule has 0 aromatic carbocycles. The molecule has 0 bridgehead atoms. The molecule has 15 nitrogen and oxygen atoms in total. The molecule has 5 rings (SSSR count). The van der Waals surface area contributed by atoms with Gasteiger partial charge in [-0.25, -0.2) is 9.78 Å². The van der Waals surface area contributed by atoms with E-state index in [-0.39, 0.29) is 41.6 Å². The number of allylic oxidation sites excluding steroid dienone is 2. The number of nitrogens with one attached hydrogen (secondary N) is 3. The molecule has 4 unspecified atom stereocenters. The van der Waals surface area contributed by atoms with Crippen molar-refractivity contribution in [1.29, 1.82) is 0 Å². The van der Waals surface area contributed by atoms with E-state index >= 15 is 0 Å². The third kappa shape index (κ3) is 4.26. The molecule has 4 aliphatic rings. The average Bonchev–Trinajstić information content (AvgIpc) is 3.47. The van der Waals surface area contributed by atoms with E-state index in [0.717, 1.165) is 6.20 Å². The molecule has 1 aliphatic carbocycles. The van der Waals surface area contributed by atoms with Gasteiger partial charge in [0, 0.05) is 50.0 Å². The first-order valence-electron chi connectivity index (χ1n) is 11.4. The van der Waals surface area contributed by atoms with Crippen LogP contribution in [0.4, 0.5) is 16.3 Å². The number of primary amides is 1. The quantitative estimate of drug-likeness (QED) is 0.0792. The van der Waals surface area contributed by atoms with Gasteiger partial charge in [-0.2, -0.15) is 0 Å². The summed E-state index contributed by atoms with van der Waals surface area (Å²) >= 11 is 0. The van der Waals surface area contributed by atoms with Crippen LogP contribution in [0.15, 0.2) is 40.9 Å². The van der Waals surface area contributed by atoms with E-state index in [2.05, 4.69) is 26.7 Å². The van der Waals surface area contributed by atoms with Crippen molar-refractivity contribution < 1.29 is 34.3 Å². The van der Waals surface area contributed by atoms with Crippen molar-refractivity contribution in [2.45, 2.75) is 24.7 Å². The second-order valence-corrected chi connectivity index (χ2v) is 8.82. The van der Waals surface area contributed by atoms with E-state index in [1.54, 1.807) is 14.0 Å². The topological polar surface area (TPSA) is 232 Å². The first kappa shape index (κ1) is 26.0. The lowest BCUT2D eigenvalue weighted by Crippen LogP contribution is -2.54. The van der Waals surface area contributed by atoms with Gasteiger partial charge < -0.3 is 41.5 Å². The van der Waals surface area contributed by atoms with Crippen LogP contribution in [0.2, 0.25) is 0 Å². The third-order valence-corrected chi connectivity index (χ3v) is 6.91. The van der Waals surface area contributed by atoms with Crippen LogP contribution in [-0.2, 0) is 14.3 Å². The Balaban J connectivity index is 0.000000747. The normalized spacial score (nSPS) is 27.2. The number of anilines is 1. The number of nitro groups is 1. The smallest absolute Gasteiger partial charge is 0.402 e. The van der Waals surface area contributed by atoms with Crippen LogP contribution >= 0.6 is 0 Å². The molecule has 37 heavy (non-hydrogen) atoms. The summed E-state index contributed by atoms with van der Waals surface area (Å²) in [5, 5.41) is 37.5. The van der Waals surface area contributed by atoms with Gasteiger partial charge in [-0.1, -0.05) is 0 Å². The monoisotopic (exact) mass is 517 g/mol. The number of carbonyl (C=O) groups is 3. The number of aromatic nitrogens is 1. The fourth-order valence-electron chi connectivity index (χ4n) is 5.33. The molecule has 7 N–H and O–H groups in total. The molecule has 15 heteroatoms. The van der Waals surface area contributed by atoms with Crippen LogP contribution in [0.3, 0.4) is 0 Å². The second-order valence-electron chi connectivity index (χ2n) is 8.82. The Morgan fingerprint density at radius 1 is 1.35 bits per heavy atom. The Hall–Kier alpha value is -4.08. The molecule has 1 aromatic heterocycles. The summed E-state index contributed by atoms with van der Waals surface area (Å²) in [6.07, 6.45) is -0.175. The number of Topliss-reactive ketones (excluding diaryl/α,β-unsaturated/α-hetero) is 2. The van der Waals surface area contributed by atoms with Gasteiger partial charge in [0.15, 0.2) is 5.72 Å². The van der Waals surface area contributed by atoms with Crippen LogP contribution in [0.1, 0.15) is 6.92 Å². The lowest BCUT2D eigenvalue weighted by molar-refractivity contribution is -0.385. The fourth-order valence-corrected chi connectivity index (χ4v) is 5.33. The Morgan fingerprint density at radius 3 is 2.59 bits per heavy atom. The summed E-state index contributed by atoms with van der Waals surface area (Å²) in [5.41, 5.74) is 4.16. The third-order valence-electron chi connectivity index (χ3n) is 6.91. The lowest BCUT2D eigenvalue weighted by atomic mass is 9.82. The fraction of sp³-hybridized carbons (Fsp3) is 0.455. The summed E-state index contributed by atoms with van der Waals surface area (Å²) in [5.74, 6) is -0.728. The number of ketones is 2. The minimum absolute atomic E-state index is 0.0408. The van der Waals surface area contributed by atoms with Crippen molar-refractivity contribution in [3.8, 4) is 0 Å². The highest BCUT2D eigenvalue weighted by molar-refractivity contribution is 6.25. The van der Waals surface area contributed by atoms with Gasteiger partial charge in [0.1, 0.15) is 12.0 Å². The zero-order valence-corrected chi connectivity index (χ0v) is 20.1. The highest BCUT2D eigenvalue weighted by atomic mass is 16.6. The van der Waals surface area contributed by atoms with Gasteiger partial charge in [-0.15, -0.1) is 0 Å². The molecule has 198 valence electrons. The first-order chi connectivity index (χ1) is 17.6. The van der Waals surface area contributed by atoms with Gasteiger partial charge >= 0.3 is 6.09 Å². The van der Waals surface area contributed by atoms with Crippen molar-refractivity contribution >= 4 is 29.2 Å². The van der Waals surface area contributed by atoms with E-state index in [0.29, 0.717) is 42.3 Å². The standard InChI is InChI=1S/C21H24N6O6.CH3NO2/c1-10-16(23-6-5-22-14-4-3-11(7-24-14)27(31)32)19(30)15-12(9-28)21(33-2)20-13(25-20)8-26(21)17(15)18(10)29;2-1(3)4/h3-4,7,12-13,20,23,25,28H,5-6,8-9H2,1-2H3,(H,22,24);2H2,(H,3,4). The van der Waals surface area contributed by atoms with Crippen molar-refractivity contribution in [2.75, 3.05) is 38.7 Å². The number of nitrogens with two attached hydrogens (primary N) is 1. The molecule has 1 amide bonds. The summed E-state index contributed by atoms with van der Waals surface area (Å²) in [4.78, 5) is 51.6. The van der Waals surface area contributed by atoms with E-state index < -0.39 is 22.7 Å². The Bertz CT molecular complexity index is 1210. The number of nitrogens with zero attached hydrogens (tertiary/aromatic N) is 3. The summed E-state index contributed by atoms with van der Waals surface area (Å²) in [7, 11) is 1.54. The number of aliphatic hydroxyl groups is 1. The molecule has 4 atom stereocenters. The maximum Gasteiger partial charge on any atom is 0.402 e. The molecule has 2 fully saturated rings. The SMILES string of the molecule is COC12C(CO)C3=C(C(=O)C(C)=C(NCCNc4ccc([N+](=O)[O-])cn4)C3=O)N1CC1NC12.NC(=O)O. The molecule has 2 saturated heterocycles. The van der Waals surface area contributed by atoms with Crippen LogP contribution in [0.5, 0.6) is 0 Å².